The highest BCUT2D eigenvalue weighted by molar-refractivity contribution is 5.79. The SMILES string of the molecule is Nc1ncc2ccc(OCc3cccnc3)cc2n1. The molecular formula is C14H12N4O. The number of aromatic nitrogens is 3. The van der Waals surface area contributed by atoms with Crippen LogP contribution in [-0.4, -0.2) is 15.0 Å². The first kappa shape index (κ1) is 11.4. The molecule has 0 aliphatic heterocycles. The molecule has 1 aromatic carbocycles. The largest absolute Gasteiger partial charge is 0.489 e. The van der Waals surface area contributed by atoms with E-state index in [0.29, 0.717) is 6.61 Å². The van der Waals surface area contributed by atoms with Gasteiger partial charge >= 0.3 is 0 Å². The van der Waals surface area contributed by atoms with Crippen LogP contribution in [0, 0.1) is 0 Å². The lowest BCUT2D eigenvalue weighted by molar-refractivity contribution is 0.306. The van der Waals surface area contributed by atoms with Crippen LogP contribution in [-0.2, 0) is 6.61 Å². The van der Waals surface area contributed by atoms with Crippen molar-refractivity contribution in [2.45, 2.75) is 6.61 Å². The van der Waals surface area contributed by atoms with Crippen LogP contribution in [0.15, 0.2) is 48.9 Å². The number of pyridine rings is 1. The third-order valence-electron chi connectivity index (χ3n) is 2.70. The van der Waals surface area contributed by atoms with Crippen molar-refractivity contribution in [3.05, 3.63) is 54.5 Å². The first-order valence-corrected chi connectivity index (χ1v) is 5.85. The molecule has 2 aromatic heterocycles. The summed E-state index contributed by atoms with van der Waals surface area (Å²) in [6, 6.07) is 9.50. The zero-order valence-electron chi connectivity index (χ0n) is 10.2. The van der Waals surface area contributed by atoms with Gasteiger partial charge in [-0.2, -0.15) is 0 Å². The molecule has 0 amide bonds. The maximum absolute atomic E-state index is 5.70. The summed E-state index contributed by atoms with van der Waals surface area (Å²) in [5, 5.41) is 0.933. The summed E-state index contributed by atoms with van der Waals surface area (Å²) >= 11 is 0. The average molecular weight is 252 g/mol. The van der Waals surface area contributed by atoms with E-state index in [4.69, 9.17) is 10.5 Å². The summed E-state index contributed by atoms with van der Waals surface area (Å²) in [5.41, 5.74) is 7.36. The number of nitrogen functional groups attached to an aromatic ring is 1. The molecule has 3 rings (SSSR count). The molecule has 0 bridgehead atoms. The number of rotatable bonds is 3. The Labute approximate surface area is 110 Å². The standard InChI is InChI=1S/C14H12N4O/c15-14-17-8-11-3-4-12(6-13(11)18-14)19-9-10-2-1-5-16-7-10/h1-8H,9H2,(H2,15,17,18). The second-order valence-corrected chi connectivity index (χ2v) is 4.10. The molecule has 0 spiro atoms. The molecule has 0 saturated carbocycles. The minimum absolute atomic E-state index is 0.261. The molecular weight excluding hydrogens is 240 g/mol. The molecule has 0 unspecified atom stereocenters. The van der Waals surface area contributed by atoms with E-state index in [0.717, 1.165) is 22.2 Å². The summed E-state index contributed by atoms with van der Waals surface area (Å²) in [6.07, 6.45) is 5.21. The van der Waals surface area contributed by atoms with Crippen LogP contribution < -0.4 is 10.5 Å². The Bertz CT molecular complexity index is 700. The van der Waals surface area contributed by atoms with Crippen LogP contribution in [0.5, 0.6) is 5.75 Å². The summed E-state index contributed by atoms with van der Waals surface area (Å²) in [5.74, 6) is 1.01. The van der Waals surface area contributed by atoms with Gasteiger partial charge < -0.3 is 10.5 Å². The number of hydrogen-bond donors (Lipinski definition) is 1. The lowest BCUT2D eigenvalue weighted by Gasteiger charge is -2.06. The highest BCUT2D eigenvalue weighted by atomic mass is 16.5. The van der Waals surface area contributed by atoms with Gasteiger partial charge in [0, 0.05) is 35.6 Å². The van der Waals surface area contributed by atoms with E-state index in [1.807, 2.05) is 30.3 Å². The Morgan fingerprint density at radius 1 is 1.16 bits per heavy atom. The number of hydrogen-bond acceptors (Lipinski definition) is 5. The normalized spacial score (nSPS) is 10.5. The van der Waals surface area contributed by atoms with Crippen molar-refractivity contribution < 1.29 is 4.74 Å². The minimum atomic E-state index is 0.261. The van der Waals surface area contributed by atoms with Crippen molar-refractivity contribution in [2.75, 3.05) is 5.73 Å². The predicted octanol–water partition coefficient (Wildman–Crippen LogP) is 2.19. The van der Waals surface area contributed by atoms with E-state index in [1.165, 1.54) is 0 Å². The molecule has 0 aliphatic rings. The molecule has 2 N–H and O–H groups in total. The van der Waals surface area contributed by atoms with E-state index < -0.39 is 0 Å². The van der Waals surface area contributed by atoms with Gasteiger partial charge in [-0.05, 0) is 18.2 Å². The average Bonchev–Trinajstić information content (AvgIpc) is 2.46. The fourth-order valence-electron chi connectivity index (χ4n) is 1.76. The van der Waals surface area contributed by atoms with Crippen LogP contribution in [0.25, 0.3) is 10.9 Å². The molecule has 0 atom stereocenters. The second kappa shape index (κ2) is 4.89. The molecule has 0 radical (unpaired) electrons. The van der Waals surface area contributed by atoms with Crippen LogP contribution in [0.3, 0.4) is 0 Å². The van der Waals surface area contributed by atoms with Crippen molar-refractivity contribution in [1.82, 2.24) is 15.0 Å². The van der Waals surface area contributed by atoms with Gasteiger partial charge in [-0.1, -0.05) is 6.07 Å². The molecule has 5 nitrogen and oxygen atoms in total. The van der Waals surface area contributed by atoms with E-state index in [-0.39, 0.29) is 5.95 Å². The smallest absolute Gasteiger partial charge is 0.220 e. The highest BCUT2D eigenvalue weighted by Gasteiger charge is 2.01. The molecule has 94 valence electrons. The van der Waals surface area contributed by atoms with Crippen molar-refractivity contribution in [2.24, 2.45) is 0 Å². The third-order valence-corrected chi connectivity index (χ3v) is 2.70. The van der Waals surface area contributed by atoms with Crippen molar-refractivity contribution >= 4 is 16.9 Å². The number of ether oxygens (including phenoxy) is 1. The van der Waals surface area contributed by atoms with Gasteiger partial charge in [0.2, 0.25) is 5.95 Å². The van der Waals surface area contributed by atoms with Gasteiger partial charge in [0.15, 0.2) is 0 Å². The fraction of sp³-hybridized carbons (Fsp3) is 0.0714. The summed E-state index contributed by atoms with van der Waals surface area (Å²) in [7, 11) is 0. The number of fused-ring (bicyclic) bond motifs is 1. The van der Waals surface area contributed by atoms with E-state index in [1.54, 1.807) is 18.6 Å². The first-order valence-electron chi connectivity index (χ1n) is 5.85. The van der Waals surface area contributed by atoms with Gasteiger partial charge in [-0.15, -0.1) is 0 Å². The Morgan fingerprint density at radius 3 is 2.95 bits per heavy atom. The maximum Gasteiger partial charge on any atom is 0.220 e. The van der Waals surface area contributed by atoms with Gasteiger partial charge in [0.25, 0.3) is 0 Å². The zero-order chi connectivity index (χ0) is 13.1. The van der Waals surface area contributed by atoms with Gasteiger partial charge in [-0.25, -0.2) is 9.97 Å². The minimum Gasteiger partial charge on any atom is -0.489 e. The number of benzene rings is 1. The maximum atomic E-state index is 5.70. The van der Waals surface area contributed by atoms with E-state index in [9.17, 15) is 0 Å². The van der Waals surface area contributed by atoms with Gasteiger partial charge in [0.05, 0.1) is 5.52 Å². The Balaban J connectivity index is 1.81. The van der Waals surface area contributed by atoms with E-state index in [2.05, 4.69) is 15.0 Å². The lowest BCUT2D eigenvalue weighted by Crippen LogP contribution is -1.97. The molecule has 0 saturated heterocycles. The highest BCUT2D eigenvalue weighted by Crippen LogP contribution is 2.20. The van der Waals surface area contributed by atoms with Crippen LogP contribution >= 0.6 is 0 Å². The Kier molecular flexibility index (Phi) is 2.94. The zero-order valence-corrected chi connectivity index (χ0v) is 10.2. The topological polar surface area (TPSA) is 73.9 Å². The van der Waals surface area contributed by atoms with Crippen molar-refractivity contribution in [3.63, 3.8) is 0 Å². The monoisotopic (exact) mass is 252 g/mol. The van der Waals surface area contributed by atoms with Gasteiger partial charge in [0.1, 0.15) is 12.4 Å². The van der Waals surface area contributed by atoms with Crippen LogP contribution in [0.2, 0.25) is 0 Å². The number of nitrogens with zero attached hydrogens (tertiary/aromatic N) is 3. The Morgan fingerprint density at radius 2 is 2.11 bits per heavy atom. The third kappa shape index (κ3) is 2.60. The van der Waals surface area contributed by atoms with Crippen molar-refractivity contribution in [1.29, 1.82) is 0 Å². The van der Waals surface area contributed by atoms with Gasteiger partial charge in [-0.3, -0.25) is 4.98 Å². The second-order valence-electron chi connectivity index (χ2n) is 4.10. The van der Waals surface area contributed by atoms with Crippen LogP contribution in [0.4, 0.5) is 5.95 Å². The Hall–Kier alpha value is -2.69. The molecule has 2 heterocycles. The summed E-state index contributed by atoms with van der Waals surface area (Å²) in [6.45, 7) is 0.472. The number of anilines is 1. The molecule has 19 heavy (non-hydrogen) atoms. The fourth-order valence-corrected chi connectivity index (χ4v) is 1.76. The van der Waals surface area contributed by atoms with Crippen molar-refractivity contribution in [3.8, 4) is 5.75 Å². The van der Waals surface area contributed by atoms with Crippen LogP contribution in [0.1, 0.15) is 5.56 Å². The predicted molar refractivity (Wildman–Crippen MR) is 72.5 cm³/mol. The lowest BCUT2D eigenvalue weighted by atomic mass is 10.2. The summed E-state index contributed by atoms with van der Waals surface area (Å²) < 4.78 is 5.70. The molecule has 0 aliphatic carbocycles. The summed E-state index contributed by atoms with van der Waals surface area (Å²) in [4.78, 5) is 12.2. The van der Waals surface area contributed by atoms with E-state index >= 15 is 0 Å². The quantitative estimate of drug-likeness (QED) is 0.773. The molecule has 0 fully saturated rings. The number of nitrogens with two attached hydrogens (primary N) is 1. The molecule has 3 aromatic rings. The molecule has 5 heteroatoms. The first-order chi connectivity index (χ1) is 9.31.